The Morgan fingerprint density at radius 3 is 2.56 bits per heavy atom. The van der Waals surface area contributed by atoms with Gasteiger partial charge in [-0.15, -0.1) is 5.73 Å². The first kappa shape index (κ1) is 13.2. The van der Waals surface area contributed by atoms with Crippen LogP contribution in [0.1, 0.15) is 13.3 Å². The maximum Gasteiger partial charge on any atom is 0.182 e. The Kier molecular flexibility index (Phi) is 5.00. The molecule has 86 valence electrons. The van der Waals surface area contributed by atoms with Crippen LogP contribution in [0.4, 0.5) is 0 Å². The normalized spacial score (nSPS) is 10.6. The second kappa shape index (κ2) is 6.04. The smallest absolute Gasteiger partial charge is 0.182 e. The number of rotatable bonds is 4. The van der Waals surface area contributed by atoms with Gasteiger partial charge >= 0.3 is 0 Å². The highest BCUT2D eigenvalue weighted by Gasteiger charge is 2.10. The molecular formula is C12H13BrO2S. The third-order valence-corrected chi connectivity index (χ3v) is 4.36. The average molecular weight is 301 g/mol. The molecule has 0 fully saturated rings. The maximum atomic E-state index is 11.8. The quantitative estimate of drug-likeness (QED) is 0.800. The first-order valence-electron chi connectivity index (χ1n) is 4.93. The molecule has 0 heterocycles. The average Bonchev–Trinajstić information content (AvgIpc) is 2.30. The molecule has 16 heavy (non-hydrogen) atoms. The molecule has 0 aromatic heterocycles. The van der Waals surface area contributed by atoms with Crippen LogP contribution in [0.15, 0.2) is 51.5 Å². The Labute approximate surface area is 105 Å². The Bertz CT molecular complexity index is 497. The molecule has 1 aromatic rings. The minimum absolute atomic E-state index is 0.0217. The van der Waals surface area contributed by atoms with Crippen LogP contribution in [-0.4, -0.2) is 14.2 Å². The first-order chi connectivity index (χ1) is 7.56. The van der Waals surface area contributed by atoms with E-state index in [4.69, 9.17) is 0 Å². The number of halogens is 1. The van der Waals surface area contributed by atoms with Crippen molar-refractivity contribution in [2.24, 2.45) is 0 Å². The van der Waals surface area contributed by atoms with Crippen LogP contribution in [0.3, 0.4) is 0 Å². The van der Waals surface area contributed by atoms with Crippen LogP contribution in [0, 0.1) is 0 Å². The molecule has 0 atom stereocenters. The van der Waals surface area contributed by atoms with E-state index < -0.39 is 9.84 Å². The van der Waals surface area contributed by atoms with Gasteiger partial charge < -0.3 is 0 Å². The van der Waals surface area contributed by atoms with Crippen molar-refractivity contribution in [2.75, 3.05) is 5.75 Å². The molecule has 0 saturated carbocycles. The van der Waals surface area contributed by atoms with E-state index in [0.29, 0.717) is 4.90 Å². The van der Waals surface area contributed by atoms with Crippen molar-refractivity contribution < 1.29 is 8.42 Å². The van der Waals surface area contributed by atoms with Gasteiger partial charge in [-0.2, -0.15) is 0 Å². The van der Waals surface area contributed by atoms with Crippen molar-refractivity contribution in [2.45, 2.75) is 18.2 Å². The van der Waals surface area contributed by atoms with E-state index in [0.717, 1.165) is 10.9 Å². The molecule has 1 rings (SSSR count). The summed E-state index contributed by atoms with van der Waals surface area (Å²) >= 11 is 3.28. The van der Waals surface area contributed by atoms with E-state index in [1.165, 1.54) is 6.08 Å². The van der Waals surface area contributed by atoms with Gasteiger partial charge in [-0.05, 0) is 40.6 Å². The van der Waals surface area contributed by atoms with Crippen LogP contribution < -0.4 is 0 Å². The van der Waals surface area contributed by atoms with Crippen molar-refractivity contribution in [3.8, 4) is 0 Å². The fourth-order valence-corrected chi connectivity index (χ4v) is 2.32. The van der Waals surface area contributed by atoms with Gasteiger partial charge in [0.05, 0.1) is 10.6 Å². The van der Waals surface area contributed by atoms with E-state index in [1.807, 2.05) is 6.92 Å². The summed E-state index contributed by atoms with van der Waals surface area (Å²) in [6, 6.07) is 8.43. The van der Waals surface area contributed by atoms with Gasteiger partial charge in [-0.25, -0.2) is 8.42 Å². The summed E-state index contributed by atoms with van der Waals surface area (Å²) in [5.41, 5.74) is 2.89. The maximum absolute atomic E-state index is 11.8. The zero-order chi connectivity index (χ0) is 12.0. The molecule has 0 amide bonds. The molecule has 0 aliphatic carbocycles. The highest BCUT2D eigenvalue weighted by atomic mass is 79.9. The number of benzene rings is 1. The molecule has 1 aromatic carbocycles. The van der Waals surface area contributed by atoms with Crippen molar-refractivity contribution >= 4 is 25.8 Å². The molecule has 4 heteroatoms. The third kappa shape index (κ3) is 3.97. The summed E-state index contributed by atoms with van der Waals surface area (Å²) in [4.78, 5) is 0.348. The standard InChI is InChI=1S/C12H13BrO2S/c1-2-11(13)7-6-10-16(14,15)12-8-4-3-5-9-12/h3-6,8-9H,2,10H2,1H3. The van der Waals surface area contributed by atoms with E-state index in [9.17, 15) is 8.42 Å². The van der Waals surface area contributed by atoms with Crippen LogP contribution in [0.2, 0.25) is 0 Å². The van der Waals surface area contributed by atoms with Crippen molar-refractivity contribution in [3.63, 3.8) is 0 Å². The fourth-order valence-electron chi connectivity index (χ4n) is 1.09. The van der Waals surface area contributed by atoms with E-state index >= 15 is 0 Å². The fraction of sp³-hybridized carbons (Fsp3) is 0.250. The topological polar surface area (TPSA) is 34.1 Å². The summed E-state index contributed by atoms with van der Waals surface area (Å²) < 4.78 is 24.5. The molecule has 0 radical (unpaired) electrons. The molecular weight excluding hydrogens is 288 g/mol. The Morgan fingerprint density at radius 2 is 2.00 bits per heavy atom. The lowest BCUT2D eigenvalue weighted by Crippen LogP contribution is -2.03. The Hall–Kier alpha value is -0.830. The van der Waals surface area contributed by atoms with Gasteiger partial charge in [0, 0.05) is 4.48 Å². The minimum atomic E-state index is -3.22. The van der Waals surface area contributed by atoms with Gasteiger partial charge in [0.25, 0.3) is 0 Å². The molecule has 0 spiro atoms. The summed E-state index contributed by atoms with van der Waals surface area (Å²) in [6.45, 7) is 1.97. The summed E-state index contributed by atoms with van der Waals surface area (Å²) in [5.74, 6) is -0.0217. The van der Waals surface area contributed by atoms with Crippen molar-refractivity contribution in [3.05, 3.63) is 46.6 Å². The second-order valence-corrected chi connectivity index (χ2v) is 6.19. The summed E-state index contributed by atoms with van der Waals surface area (Å²) in [6.07, 6.45) is 2.35. The van der Waals surface area contributed by atoms with Crippen LogP contribution in [-0.2, 0) is 9.84 Å². The number of sulfone groups is 1. The zero-order valence-electron chi connectivity index (χ0n) is 8.98. The monoisotopic (exact) mass is 300 g/mol. The minimum Gasteiger partial charge on any atom is -0.223 e. The van der Waals surface area contributed by atoms with E-state index in [2.05, 4.69) is 21.7 Å². The molecule has 0 aliphatic heterocycles. The summed E-state index contributed by atoms with van der Waals surface area (Å²) in [5, 5.41) is 0. The van der Waals surface area contributed by atoms with Gasteiger partial charge in [-0.3, -0.25) is 0 Å². The van der Waals surface area contributed by atoms with Crippen LogP contribution in [0.25, 0.3) is 0 Å². The number of hydrogen-bond acceptors (Lipinski definition) is 2. The van der Waals surface area contributed by atoms with Gasteiger partial charge in [0.2, 0.25) is 0 Å². The SMILES string of the molecule is CCC(Br)=C=CCS(=O)(=O)c1ccccc1. The molecule has 0 unspecified atom stereocenters. The highest BCUT2D eigenvalue weighted by Crippen LogP contribution is 2.11. The predicted octanol–water partition coefficient (Wildman–Crippen LogP) is 3.30. The Balaban J connectivity index is 2.87. The Morgan fingerprint density at radius 1 is 1.38 bits per heavy atom. The predicted molar refractivity (Wildman–Crippen MR) is 69.3 cm³/mol. The second-order valence-electron chi connectivity index (χ2n) is 3.20. The van der Waals surface area contributed by atoms with E-state index in [1.54, 1.807) is 30.3 Å². The highest BCUT2D eigenvalue weighted by molar-refractivity contribution is 9.11. The van der Waals surface area contributed by atoms with Crippen LogP contribution in [0.5, 0.6) is 0 Å². The number of hydrogen-bond donors (Lipinski definition) is 0. The first-order valence-corrected chi connectivity index (χ1v) is 7.38. The lowest BCUT2D eigenvalue weighted by atomic mass is 10.4. The van der Waals surface area contributed by atoms with Crippen molar-refractivity contribution in [1.29, 1.82) is 0 Å². The molecule has 0 saturated heterocycles. The largest absolute Gasteiger partial charge is 0.223 e. The third-order valence-electron chi connectivity index (χ3n) is 1.97. The summed E-state index contributed by atoms with van der Waals surface area (Å²) in [7, 11) is -3.22. The lowest BCUT2D eigenvalue weighted by molar-refractivity contribution is 0.599. The van der Waals surface area contributed by atoms with Gasteiger partial charge in [0.15, 0.2) is 9.84 Å². The zero-order valence-corrected chi connectivity index (χ0v) is 11.4. The molecule has 0 bridgehead atoms. The lowest BCUT2D eigenvalue weighted by Gasteiger charge is -1.99. The molecule has 0 aliphatic rings. The van der Waals surface area contributed by atoms with Gasteiger partial charge in [0.1, 0.15) is 0 Å². The van der Waals surface area contributed by atoms with Gasteiger partial charge in [-0.1, -0.05) is 25.1 Å². The van der Waals surface area contributed by atoms with Crippen LogP contribution >= 0.6 is 15.9 Å². The molecule has 2 nitrogen and oxygen atoms in total. The van der Waals surface area contributed by atoms with E-state index in [-0.39, 0.29) is 5.75 Å². The van der Waals surface area contributed by atoms with Crippen molar-refractivity contribution in [1.82, 2.24) is 0 Å². The molecule has 0 N–H and O–H groups in total.